The zero-order valence-corrected chi connectivity index (χ0v) is 14.0. The molecule has 0 radical (unpaired) electrons. The molecule has 1 aliphatic rings. The molecular formula is C17H23FN2S. The van der Waals surface area contributed by atoms with Crippen molar-refractivity contribution in [3.05, 3.63) is 24.0 Å². The molecule has 1 aliphatic carbocycles. The highest BCUT2D eigenvalue weighted by atomic mass is 32.1. The van der Waals surface area contributed by atoms with Crippen molar-refractivity contribution in [2.24, 2.45) is 10.8 Å². The van der Waals surface area contributed by atoms with E-state index >= 15 is 0 Å². The Bertz CT molecular complexity index is 644. The van der Waals surface area contributed by atoms with E-state index < -0.39 is 0 Å². The molecule has 1 N–H and O–H groups in total. The second-order valence-electron chi connectivity index (χ2n) is 7.89. The van der Waals surface area contributed by atoms with E-state index in [1.807, 2.05) is 6.07 Å². The summed E-state index contributed by atoms with van der Waals surface area (Å²) >= 11 is 1.61. The molecule has 0 spiro atoms. The summed E-state index contributed by atoms with van der Waals surface area (Å²) in [6.07, 6.45) is 3.56. The number of thiazole rings is 1. The number of halogens is 1. The molecule has 4 heteroatoms. The molecule has 3 rings (SSSR count). The third-order valence-corrected chi connectivity index (χ3v) is 5.20. The highest BCUT2D eigenvalue weighted by Crippen LogP contribution is 2.46. The summed E-state index contributed by atoms with van der Waals surface area (Å²) in [5, 5.41) is 4.50. The second kappa shape index (κ2) is 4.94. The van der Waals surface area contributed by atoms with E-state index in [9.17, 15) is 4.39 Å². The van der Waals surface area contributed by atoms with Gasteiger partial charge in [-0.15, -0.1) is 0 Å². The molecule has 0 atom stereocenters. The van der Waals surface area contributed by atoms with Crippen LogP contribution in [0.3, 0.4) is 0 Å². The second-order valence-corrected chi connectivity index (χ2v) is 8.92. The standard InChI is InChI=1S/C17H23FN2S/c1-16(2)8-12(9-17(3,4)10-16)19-15-20-13-7-11(18)5-6-14(13)21-15/h5-7,12H,8-10H2,1-4H3,(H,19,20). The predicted octanol–water partition coefficient (Wildman–Crippen LogP) is 5.45. The summed E-state index contributed by atoms with van der Waals surface area (Å²) in [7, 11) is 0. The van der Waals surface area contributed by atoms with Gasteiger partial charge in [0.2, 0.25) is 0 Å². The normalized spacial score (nSPS) is 21.6. The summed E-state index contributed by atoms with van der Waals surface area (Å²) in [5.74, 6) is -0.223. The Balaban J connectivity index is 1.81. The zero-order chi connectivity index (χ0) is 15.3. The first-order valence-corrected chi connectivity index (χ1v) is 8.37. The van der Waals surface area contributed by atoms with Crippen molar-refractivity contribution in [3.8, 4) is 0 Å². The third-order valence-electron chi connectivity index (χ3n) is 4.23. The minimum atomic E-state index is -0.223. The van der Waals surface area contributed by atoms with Gasteiger partial charge in [0.05, 0.1) is 10.2 Å². The van der Waals surface area contributed by atoms with Gasteiger partial charge >= 0.3 is 0 Å². The lowest BCUT2D eigenvalue weighted by molar-refractivity contribution is 0.105. The fraction of sp³-hybridized carbons (Fsp3) is 0.588. The third kappa shape index (κ3) is 3.37. The van der Waals surface area contributed by atoms with Crippen LogP contribution >= 0.6 is 11.3 Å². The lowest BCUT2D eigenvalue weighted by Crippen LogP contribution is -2.40. The summed E-state index contributed by atoms with van der Waals surface area (Å²) in [4.78, 5) is 4.53. The molecule has 0 saturated heterocycles. The van der Waals surface area contributed by atoms with Crippen LogP contribution in [0.15, 0.2) is 18.2 Å². The number of aromatic nitrogens is 1. The first kappa shape index (κ1) is 14.8. The molecule has 2 aromatic rings. The van der Waals surface area contributed by atoms with Crippen LogP contribution in [0.4, 0.5) is 9.52 Å². The van der Waals surface area contributed by atoms with Gasteiger partial charge in [0, 0.05) is 12.1 Å². The Hall–Kier alpha value is -1.16. The van der Waals surface area contributed by atoms with E-state index in [0.717, 1.165) is 28.2 Å². The molecular weight excluding hydrogens is 283 g/mol. The van der Waals surface area contributed by atoms with Gasteiger partial charge in [-0.05, 0) is 42.2 Å². The average Bonchev–Trinajstić information content (AvgIpc) is 2.65. The smallest absolute Gasteiger partial charge is 0.184 e. The van der Waals surface area contributed by atoms with Crippen LogP contribution < -0.4 is 5.32 Å². The maximum absolute atomic E-state index is 13.3. The molecule has 0 unspecified atom stereocenters. The molecule has 114 valence electrons. The summed E-state index contributed by atoms with van der Waals surface area (Å²) in [6, 6.07) is 5.25. The van der Waals surface area contributed by atoms with Crippen LogP contribution in [0.1, 0.15) is 47.0 Å². The molecule has 1 saturated carbocycles. The van der Waals surface area contributed by atoms with Crippen molar-refractivity contribution < 1.29 is 4.39 Å². The SMILES string of the molecule is CC1(C)CC(Nc2nc3cc(F)ccc3s2)CC(C)(C)C1. The molecule has 0 bridgehead atoms. The van der Waals surface area contributed by atoms with Gasteiger partial charge in [-0.2, -0.15) is 0 Å². The molecule has 1 aromatic heterocycles. The van der Waals surface area contributed by atoms with E-state index in [2.05, 4.69) is 38.0 Å². The predicted molar refractivity (Wildman–Crippen MR) is 88.4 cm³/mol. The Morgan fingerprint density at radius 2 is 1.86 bits per heavy atom. The maximum Gasteiger partial charge on any atom is 0.184 e. The van der Waals surface area contributed by atoms with Crippen LogP contribution in [0.2, 0.25) is 0 Å². The Morgan fingerprint density at radius 1 is 1.19 bits per heavy atom. The van der Waals surface area contributed by atoms with Gasteiger partial charge in [0.25, 0.3) is 0 Å². The fourth-order valence-electron chi connectivity index (χ4n) is 4.09. The van der Waals surface area contributed by atoms with Gasteiger partial charge in [-0.1, -0.05) is 39.0 Å². The minimum Gasteiger partial charge on any atom is -0.359 e. The number of hydrogen-bond donors (Lipinski definition) is 1. The number of anilines is 1. The van der Waals surface area contributed by atoms with E-state index in [4.69, 9.17) is 0 Å². The van der Waals surface area contributed by atoms with Gasteiger partial charge in [-0.25, -0.2) is 9.37 Å². The number of nitrogens with zero attached hydrogens (tertiary/aromatic N) is 1. The number of hydrogen-bond acceptors (Lipinski definition) is 3. The summed E-state index contributed by atoms with van der Waals surface area (Å²) in [6.45, 7) is 9.37. The molecule has 2 nitrogen and oxygen atoms in total. The van der Waals surface area contributed by atoms with Crippen molar-refractivity contribution in [1.82, 2.24) is 4.98 Å². The van der Waals surface area contributed by atoms with Crippen molar-refractivity contribution in [3.63, 3.8) is 0 Å². The molecule has 1 fully saturated rings. The Labute approximate surface area is 129 Å². The molecule has 21 heavy (non-hydrogen) atoms. The Morgan fingerprint density at radius 3 is 2.52 bits per heavy atom. The average molecular weight is 306 g/mol. The largest absolute Gasteiger partial charge is 0.359 e. The first-order chi connectivity index (χ1) is 9.72. The van der Waals surface area contributed by atoms with Crippen LogP contribution in [0, 0.1) is 16.6 Å². The first-order valence-electron chi connectivity index (χ1n) is 7.55. The maximum atomic E-state index is 13.3. The monoisotopic (exact) mass is 306 g/mol. The number of nitrogens with one attached hydrogen (secondary N) is 1. The quantitative estimate of drug-likeness (QED) is 0.797. The van der Waals surface area contributed by atoms with Crippen LogP contribution in [-0.2, 0) is 0 Å². The van der Waals surface area contributed by atoms with Gasteiger partial charge in [-0.3, -0.25) is 0 Å². The van der Waals surface area contributed by atoms with Crippen molar-refractivity contribution in [2.45, 2.75) is 53.0 Å². The topological polar surface area (TPSA) is 24.9 Å². The Kier molecular flexibility index (Phi) is 3.47. The molecule has 1 aromatic carbocycles. The summed E-state index contributed by atoms with van der Waals surface area (Å²) < 4.78 is 14.3. The van der Waals surface area contributed by atoms with E-state index in [1.54, 1.807) is 11.3 Å². The highest BCUT2D eigenvalue weighted by molar-refractivity contribution is 7.22. The van der Waals surface area contributed by atoms with Gasteiger partial charge < -0.3 is 5.32 Å². The number of fused-ring (bicyclic) bond motifs is 1. The van der Waals surface area contributed by atoms with E-state index in [1.165, 1.54) is 18.6 Å². The van der Waals surface area contributed by atoms with Crippen LogP contribution in [-0.4, -0.2) is 11.0 Å². The van der Waals surface area contributed by atoms with Crippen molar-refractivity contribution >= 4 is 26.7 Å². The molecule has 1 heterocycles. The van der Waals surface area contributed by atoms with Gasteiger partial charge in [0.1, 0.15) is 5.82 Å². The van der Waals surface area contributed by atoms with E-state index in [-0.39, 0.29) is 5.82 Å². The highest BCUT2D eigenvalue weighted by Gasteiger charge is 2.38. The molecule has 0 aliphatic heterocycles. The zero-order valence-electron chi connectivity index (χ0n) is 13.2. The lowest BCUT2D eigenvalue weighted by atomic mass is 9.63. The fourth-order valence-corrected chi connectivity index (χ4v) is 5.01. The number of rotatable bonds is 2. The van der Waals surface area contributed by atoms with E-state index in [0.29, 0.717) is 16.9 Å². The van der Waals surface area contributed by atoms with Gasteiger partial charge in [0.15, 0.2) is 5.13 Å². The molecule has 0 amide bonds. The minimum absolute atomic E-state index is 0.223. The van der Waals surface area contributed by atoms with Crippen LogP contribution in [0.25, 0.3) is 10.2 Å². The number of benzene rings is 1. The lowest BCUT2D eigenvalue weighted by Gasteiger charge is -2.45. The van der Waals surface area contributed by atoms with Crippen molar-refractivity contribution in [1.29, 1.82) is 0 Å². The van der Waals surface area contributed by atoms with Crippen molar-refractivity contribution in [2.75, 3.05) is 5.32 Å². The summed E-state index contributed by atoms with van der Waals surface area (Å²) in [5.41, 5.74) is 1.45. The van der Waals surface area contributed by atoms with Crippen LogP contribution in [0.5, 0.6) is 0 Å².